The Labute approximate surface area is 243 Å². The molecule has 2 aliphatic rings. The maximum atomic E-state index is 14.2. The molecule has 0 bridgehead atoms. The summed E-state index contributed by atoms with van der Waals surface area (Å²) in [6.07, 6.45) is 2.91. The van der Waals surface area contributed by atoms with E-state index in [1.54, 1.807) is 24.4 Å². The maximum absolute atomic E-state index is 14.2. The van der Waals surface area contributed by atoms with E-state index in [0.29, 0.717) is 65.5 Å². The lowest BCUT2D eigenvalue weighted by atomic mass is 10.0. The quantitative estimate of drug-likeness (QED) is 0.282. The largest absolute Gasteiger partial charge is 0.496 e. The molecular weight excluding hydrogens is 537 g/mol. The molecule has 0 spiro atoms. The van der Waals surface area contributed by atoms with E-state index < -0.39 is 12.2 Å². The van der Waals surface area contributed by atoms with Crippen molar-refractivity contribution in [2.75, 3.05) is 38.7 Å². The number of methoxy groups -OCH3 is 1. The van der Waals surface area contributed by atoms with Gasteiger partial charge in [-0.2, -0.15) is 5.26 Å². The fourth-order valence-corrected chi connectivity index (χ4v) is 5.56. The Morgan fingerprint density at radius 2 is 1.98 bits per heavy atom. The van der Waals surface area contributed by atoms with Crippen LogP contribution < -0.4 is 20.7 Å². The zero-order chi connectivity index (χ0) is 29.1. The third-order valence-corrected chi connectivity index (χ3v) is 7.90. The number of halogens is 1. The van der Waals surface area contributed by atoms with Crippen molar-refractivity contribution in [1.29, 1.82) is 5.26 Å². The number of nitrogens with one attached hydrogen (secondary N) is 3. The van der Waals surface area contributed by atoms with Crippen molar-refractivity contribution < 1.29 is 23.1 Å². The van der Waals surface area contributed by atoms with Gasteiger partial charge in [0.1, 0.15) is 29.3 Å². The smallest absolute Gasteiger partial charge is 0.251 e. The summed E-state index contributed by atoms with van der Waals surface area (Å²) >= 11 is 0. The van der Waals surface area contributed by atoms with Gasteiger partial charge in [0.2, 0.25) is 0 Å². The second kappa shape index (κ2) is 12.2. The van der Waals surface area contributed by atoms with Crippen LogP contribution in [0, 0.1) is 11.3 Å². The fourth-order valence-electron chi connectivity index (χ4n) is 5.56. The number of furan rings is 1. The molecule has 0 unspecified atom stereocenters. The third-order valence-electron chi connectivity index (χ3n) is 7.90. The molecule has 9 nitrogen and oxygen atoms in total. The van der Waals surface area contributed by atoms with Crippen LogP contribution in [-0.4, -0.2) is 62.6 Å². The molecule has 0 aliphatic carbocycles. The number of aromatic nitrogens is 1. The van der Waals surface area contributed by atoms with E-state index in [1.165, 1.54) is 7.11 Å². The Morgan fingerprint density at radius 3 is 2.76 bits per heavy atom. The molecule has 2 aromatic heterocycles. The van der Waals surface area contributed by atoms with Crippen LogP contribution in [0.15, 0.2) is 59.1 Å². The topological polar surface area (TPSA) is 121 Å². The van der Waals surface area contributed by atoms with Crippen LogP contribution in [0.4, 0.5) is 10.1 Å². The average Bonchev–Trinajstić information content (AvgIpc) is 3.47. The van der Waals surface area contributed by atoms with Crippen molar-refractivity contribution in [3.8, 4) is 34.3 Å². The number of rotatable bonds is 7. The first-order valence-corrected chi connectivity index (χ1v) is 14.2. The summed E-state index contributed by atoms with van der Waals surface area (Å²) in [7, 11) is 1.52. The number of benzene rings is 2. The van der Waals surface area contributed by atoms with Gasteiger partial charge >= 0.3 is 0 Å². The minimum absolute atomic E-state index is 0.227. The molecule has 42 heavy (non-hydrogen) atoms. The number of alkyl halides is 1. The Kier molecular flexibility index (Phi) is 8.04. The highest BCUT2D eigenvalue weighted by atomic mass is 19.1. The summed E-state index contributed by atoms with van der Waals surface area (Å²) in [5.74, 6) is 0.612. The van der Waals surface area contributed by atoms with E-state index in [1.807, 2.05) is 30.3 Å². The minimum Gasteiger partial charge on any atom is -0.496 e. The molecule has 1 amide bonds. The van der Waals surface area contributed by atoms with Crippen LogP contribution in [0.3, 0.4) is 0 Å². The molecule has 2 aliphatic heterocycles. The van der Waals surface area contributed by atoms with Gasteiger partial charge in [-0.3, -0.25) is 9.78 Å². The number of ether oxygens (including phenoxy) is 2. The number of nitrogens with zero attached hydrogens (tertiary/aromatic N) is 2. The molecule has 10 heteroatoms. The van der Waals surface area contributed by atoms with Gasteiger partial charge in [0.05, 0.1) is 30.0 Å². The van der Waals surface area contributed by atoms with Crippen molar-refractivity contribution in [3.63, 3.8) is 0 Å². The highest BCUT2D eigenvalue weighted by molar-refractivity contribution is 5.97. The van der Waals surface area contributed by atoms with Gasteiger partial charge in [-0.25, -0.2) is 4.39 Å². The number of carbonyl (C=O) groups is 1. The maximum Gasteiger partial charge on any atom is 0.251 e. The average molecular weight is 570 g/mol. The van der Waals surface area contributed by atoms with Gasteiger partial charge in [0.15, 0.2) is 5.58 Å². The van der Waals surface area contributed by atoms with Crippen molar-refractivity contribution in [1.82, 2.24) is 15.6 Å². The van der Waals surface area contributed by atoms with Gasteiger partial charge in [0, 0.05) is 49.2 Å². The molecule has 0 radical (unpaired) electrons. The predicted molar refractivity (Wildman–Crippen MR) is 157 cm³/mol. The van der Waals surface area contributed by atoms with Crippen LogP contribution in [-0.2, 0) is 4.74 Å². The van der Waals surface area contributed by atoms with Crippen LogP contribution in [0.5, 0.6) is 5.75 Å². The van der Waals surface area contributed by atoms with Crippen molar-refractivity contribution >= 4 is 22.7 Å². The highest BCUT2D eigenvalue weighted by Crippen LogP contribution is 2.38. The summed E-state index contributed by atoms with van der Waals surface area (Å²) in [6, 6.07) is 16.6. The second-order valence-corrected chi connectivity index (χ2v) is 10.6. The summed E-state index contributed by atoms with van der Waals surface area (Å²) in [5.41, 5.74) is 5.23. The van der Waals surface area contributed by atoms with Crippen LogP contribution >= 0.6 is 0 Å². The van der Waals surface area contributed by atoms with Gasteiger partial charge in [-0.1, -0.05) is 6.07 Å². The molecule has 2 saturated heterocycles. The Hall–Kier alpha value is -4.46. The zero-order valence-electron chi connectivity index (χ0n) is 23.3. The van der Waals surface area contributed by atoms with E-state index in [-0.39, 0.29) is 18.5 Å². The molecular formula is C32H32FN5O4. The standard InChI is InChI=1S/C32H32FN5O4/c1-40-29-15-20(32(39)38-27-7-10-35-18-25(27)33)2-4-24(29)30-16-28-31(42-30)23(6-11-36-28)19-3-5-26(21(14-19)17-34)37-22-8-12-41-13-9-22/h2-6,11,14-16,22,25,27,35,37H,7-10,12-13,18H2,1H3,(H,38,39)/t25-,27+/m1/s1. The molecule has 4 heterocycles. The number of fused-ring (bicyclic) bond motifs is 1. The number of carbonyl (C=O) groups excluding carboxylic acids is 1. The summed E-state index contributed by atoms with van der Waals surface area (Å²) in [4.78, 5) is 17.4. The first-order chi connectivity index (χ1) is 20.5. The number of hydrogen-bond acceptors (Lipinski definition) is 8. The Balaban J connectivity index is 1.28. The zero-order valence-corrected chi connectivity index (χ0v) is 23.3. The summed E-state index contributed by atoms with van der Waals surface area (Å²) < 4.78 is 31.6. The normalized spacial score (nSPS) is 19.3. The highest BCUT2D eigenvalue weighted by Gasteiger charge is 2.27. The third kappa shape index (κ3) is 5.66. The van der Waals surface area contributed by atoms with E-state index in [0.717, 1.165) is 29.7 Å². The van der Waals surface area contributed by atoms with E-state index in [9.17, 15) is 14.4 Å². The van der Waals surface area contributed by atoms with Crippen molar-refractivity contribution in [2.45, 2.75) is 37.5 Å². The molecule has 6 rings (SSSR count). The van der Waals surface area contributed by atoms with Crippen molar-refractivity contribution in [3.05, 3.63) is 65.9 Å². The number of pyridine rings is 1. The van der Waals surface area contributed by atoms with E-state index in [2.05, 4.69) is 27.0 Å². The van der Waals surface area contributed by atoms with Gasteiger partial charge < -0.3 is 29.8 Å². The van der Waals surface area contributed by atoms with Crippen LogP contribution in [0.2, 0.25) is 0 Å². The fraction of sp³-hybridized carbons (Fsp3) is 0.344. The lowest BCUT2D eigenvalue weighted by molar-refractivity contribution is 0.0891. The molecule has 2 fully saturated rings. The molecule has 4 aromatic rings. The number of piperidine rings is 1. The number of anilines is 1. The number of amides is 1. The monoisotopic (exact) mass is 569 g/mol. The van der Waals surface area contributed by atoms with Gasteiger partial charge in [-0.05, 0) is 67.8 Å². The second-order valence-electron chi connectivity index (χ2n) is 10.6. The first kappa shape index (κ1) is 27.7. The summed E-state index contributed by atoms with van der Waals surface area (Å²) in [5, 5.41) is 19.2. The minimum atomic E-state index is -1.13. The number of hydrogen-bond donors (Lipinski definition) is 3. The molecule has 2 aromatic carbocycles. The lowest BCUT2D eigenvalue weighted by Gasteiger charge is -2.27. The molecule has 216 valence electrons. The van der Waals surface area contributed by atoms with E-state index in [4.69, 9.17) is 13.9 Å². The Bertz CT molecular complexity index is 1640. The first-order valence-electron chi connectivity index (χ1n) is 14.2. The van der Waals surface area contributed by atoms with Gasteiger partial charge in [-0.15, -0.1) is 0 Å². The lowest BCUT2D eigenvalue weighted by Crippen LogP contribution is -2.50. The summed E-state index contributed by atoms with van der Waals surface area (Å²) in [6.45, 7) is 2.31. The van der Waals surface area contributed by atoms with E-state index >= 15 is 0 Å². The van der Waals surface area contributed by atoms with Gasteiger partial charge in [0.25, 0.3) is 5.91 Å². The Morgan fingerprint density at radius 1 is 1.12 bits per heavy atom. The van der Waals surface area contributed by atoms with Crippen LogP contribution in [0.1, 0.15) is 35.2 Å². The SMILES string of the molecule is COc1cc(C(=O)N[C@H]2CCNC[C@H]2F)ccc1-c1cc2nccc(-c3ccc(NC4CCOCC4)c(C#N)c3)c2o1. The van der Waals surface area contributed by atoms with Crippen LogP contribution in [0.25, 0.3) is 33.6 Å². The predicted octanol–water partition coefficient (Wildman–Crippen LogP) is 5.06. The van der Waals surface area contributed by atoms with Crippen molar-refractivity contribution in [2.24, 2.45) is 0 Å². The number of nitriles is 1. The molecule has 2 atom stereocenters. The molecule has 0 saturated carbocycles. The molecule has 3 N–H and O–H groups in total.